The van der Waals surface area contributed by atoms with Gasteiger partial charge in [-0.15, -0.1) is 0 Å². The Bertz CT molecular complexity index is 1050. The monoisotopic (exact) mass is 469 g/mol. The van der Waals surface area contributed by atoms with E-state index >= 15 is 0 Å². The zero-order valence-corrected chi connectivity index (χ0v) is 17.6. The normalized spacial score (nSPS) is 21.3. The summed E-state index contributed by atoms with van der Waals surface area (Å²) in [6.45, 7) is 2.01. The number of halogens is 5. The lowest BCUT2D eigenvalue weighted by atomic mass is 10.1. The quantitative estimate of drug-likeness (QED) is 0.695. The second-order valence-corrected chi connectivity index (χ2v) is 8.42. The van der Waals surface area contributed by atoms with Gasteiger partial charge in [-0.05, 0) is 42.8 Å². The molecule has 2 fully saturated rings. The molecule has 2 unspecified atom stereocenters. The summed E-state index contributed by atoms with van der Waals surface area (Å²) >= 11 is 6.02. The van der Waals surface area contributed by atoms with Crippen LogP contribution in [0.5, 0.6) is 0 Å². The van der Waals surface area contributed by atoms with Crippen LogP contribution in [0.15, 0.2) is 42.5 Å². The molecule has 0 radical (unpaired) electrons. The molecule has 1 N–H and O–H groups in total. The summed E-state index contributed by atoms with van der Waals surface area (Å²) in [5.41, 5.74) is -0.691. The second-order valence-electron chi connectivity index (χ2n) is 8.01. The Morgan fingerprint density at radius 1 is 1.06 bits per heavy atom. The van der Waals surface area contributed by atoms with E-state index in [2.05, 4.69) is 10.2 Å². The molecule has 2 aliphatic heterocycles. The van der Waals surface area contributed by atoms with Gasteiger partial charge in [0.1, 0.15) is 5.82 Å². The fraction of sp³-hybridized carbons (Fsp3) is 0.364. The molecule has 5 nitrogen and oxygen atoms in total. The minimum atomic E-state index is -4.52. The number of fused-ring (bicyclic) bond motifs is 1. The Morgan fingerprint density at radius 3 is 2.56 bits per heavy atom. The molecule has 4 rings (SSSR count). The lowest BCUT2D eigenvalue weighted by Gasteiger charge is -2.37. The summed E-state index contributed by atoms with van der Waals surface area (Å²) in [6.07, 6.45) is -3.96. The van der Waals surface area contributed by atoms with Crippen LogP contribution in [-0.2, 0) is 6.18 Å². The fourth-order valence-electron chi connectivity index (χ4n) is 4.27. The van der Waals surface area contributed by atoms with Gasteiger partial charge in [0, 0.05) is 43.8 Å². The van der Waals surface area contributed by atoms with Crippen molar-refractivity contribution in [3.05, 3.63) is 70.0 Å². The number of piperazine rings is 1. The largest absolute Gasteiger partial charge is 0.416 e. The van der Waals surface area contributed by atoms with Crippen LogP contribution in [0, 0.1) is 5.82 Å². The van der Waals surface area contributed by atoms with E-state index in [1.165, 1.54) is 24.3 Å². The van der Waals surface area contributed by atoms with Crippen molar-refractivity contribution in [2.75, 3.05) is 26.2 Å². The van der Waals surface area contributed by atoms with E-state index in [-0.39, 0.29) is 34.1 Å². The molecule has 2 aromatic carbocycles. The number of hydrogen-bond acceptors (Lipinski definition) is 3. The first-order chi connectivity index (χ1) is 15.1. The molecule has 2 saturated heterocycles. The van der Waals surface area contributed by atoms with Gasteiger partial charge in [-0.1, -0.05) is 17.7 Å². The first-order valence-electron chi connectivity index (χ1n) is 10.1. The predicted molar refractivity (Wildman–Crippen MR) is 110 cm³/mol. The average molecular weight is 470 g/mol. The highest BCUT2D eigenvalue weighted by Crippen LogP contribution is 2.30. The first kappa shape index (κ1) is 22.5. The topological polar surface area (TPSA) is 52.7 Å². The van der Waals surface area contributed by atoms with E-state index in [1.807, 2.05) is 0 Å². The highest BCUT2D eigenvalue weighted by Gasteiger charge is 2.38. The summed E-state index contributed by atoms with van der Waals surface area (Å²) in [5.74, 6) is -1.37. The summed E-state index contributed by atoms with van der Waals surface area (Å²) in [7, 11) is 0. The van der Waals surface area contributed by atoms with Crippen LogP contribution in [0.1, 0.15) is 32.7 Å². The van der Waals surface area contributed by atoms with Crippen LogP contribution in [0.4, 0.5) is 17.6 Å². The van der Waals surface area contributed by atoms with Crippen molar-refractivity contribution in [3.63, 3.8) is 0 Å². The van der Waals surface area contributed by atoms with Gasteiger partial charge < -0.3 is 10.2 Å². The van der Waals surface area contributed by atoms with Gasteiger partial charge in [0.05, 0.1) is 16.1 Å². The number of nitrogens with zero attached hydrogens (tertiary/aromatic N) is 2. The van der Waals surface area contributed by atoms with Crippen molar-refractivity contribution >= 4 is 23.4 Å². The Hall–Kier alpha value is -2.65. The standard InChI is InChI=1S/C22H20ClF4N3O2/c23-19-9-15(24)4-5-18(19)21(32)30-7-6-29-11-16(10-17(29)12-30)28-20(31)13-2-1-3-14(8-13)22(25,26)27/h1-5,8-9,16-17H,6-7,10-12H2,(H,28,31). The summed E-state index contributed by atoms with van der Waals surface area (Å²) in [6, 6.07) is 7.71. The third-order valence-electron chi connectivity index (χ3n) is 5.85. The summed E-state index contributed by atoms with van der Waals surface area (Å²) in [4.78, 5) is 29.1. The zero-order valence-electron chi connectivity index (χ0n) is 16.8. The molecule has 0 saturated carbocycles. The molecule has 0 aromatic heterocycles. The van der Waals surface area contributed by atoms with E-state index in [9.17, 15) is 27.2 Å². The van der Waals surface area contributed by atoms with E-state index in [0.29, 0.717) is 32.6 Å². The van der Waals surface area contributed by atoms with Crippen LogP contribution in [0.2, 0.25) is 5.02 Å². The van der Waals surface area contributed by atoms with Gasteiger partial charge in [-0.2, -0.15) is 13.2 Å². The number of carbonyl (C=O) groups is 2. The van der Waals surface area contributed by atoms with Gasteiger partial charge >= 0.3 is 6.18 Å². The molecule has 2 atom stereocenters. The van der Waals surface area contributed by atoms with Gasteiger partial charge in [0.15, 0.2) is 0 Å². The Balaban J connectivity index is 1.38. The van der Waals surface area contributed by atoms with E-state index in [4.69, 9.17) is 11.6 Å². The van der Waals surface area contributed by atoms with Crippen molar-refractivity contribution < 1.29 is 27.2 Å². The Kier molecular flexibility index (Phi) is 6.13. The maximum Gasteiger partial charge on any atom is 0.416 e. The fourth-order valence-corrected chi connectivity index (χ4v) is 4.52. The summed E-state index contributed by atoms with van der Waals surface area (Å²) < 4.78 is 52.0. The first-order valence-corrected chi connectivity index (χ1v) is 10.5. The van der Waals surface area contributed by atoms with E-state index in [1.54, 1.807) is 4.90 Å². The van der Waals surface area contributed by atoms with Crippen LogP contribution in [-0.4, -0.2) is 59.9 Å². The van der Waals surface area contributed by atoms with Crippen molar-refractivity contribution in [2.45, 2.75) is 24.7 Å². The molecule has 2 heterocycles. The highest BCUT2D eigenvalue weighted by molar-refractivity contribution is 6.33. The molecule has 32 heavy (non-hydrogen) atoms. The van der Waals surface area contributed by atoms with Gasteiger partial charge in [-0.25, -0.2) is 4.39 Å². The van der Waals surface area contributed by atoms with Crippen LogP contribution < -0.4 is 5.32 Å². The second kappa shape index (κ2) is 8.71. The molecule has 2 aliphatic rings. The minimum Gasteiger partial charge on any atom is -0.348 e. The number of rotatable bonds is 3. The zero-order chi connectivity index (χ0) is 23.0. The lowest BCUT2D eigenvalue weighted by Crippen LogP contribution is -2.52. The third kappa shape index (κ3) is 4.73. The smallest absolute Gasteiger partial charge is 0.348 e. The molecule has 2 amide bonds. The SMILES string of the molecule is O=C(NC1CC2CN(C(=O)c3ccc(F)cc3Cl)CCN2C1)c1cccc(C(F)(F)F)c1. The Morgan fingerprint density at radius 2 is 1.84 bits per heavy atom. The maximum atomic E-state index is 13.3. The van der Waals surface area contributed by atoms with E-state index < -0.39 is 23.5 Å². The third-order valence-corrected chi connectivity index (χ3v) is 6.16. The highest BCUT2D eigenvalue weighted by atomic mass is 35.5. The average Bonchev–Trinajstić information content (AvgIpc) is 3.14. The van der Waals surface area contributed by atoms with Gasteiger partial charge in [0.2, 0.25) is 0 Å². The molecule has 0 bridgehead atoms. The van der Waals surface area contributed by atoms with Crippen LogP contribution in [0.25, 0.3) is 0 Å². The minimum absolute atomic E-state index is 0.00117. The van der Waals surface area contributed by atoms with Crippen LogP contribution >= 0.6 is 11.6 Å². The maximum absolute atomic E-state index is 13.3. The molecule has 10 heteroatoms. The lowest BCUT2D eigenvalue weighted by molar-refractivity contribution is -0.137. The number of carbonyl (C=O) groups excluding carboxylic acids is 2. The molecule has 0 spiro atoms. The van der Waals surface area contributed by atoms with Crippen molar-refractivity contribution in [3.8, 4) is 0 Å². The molecular formula is C22H20ClF4N3O2. The molecule has 0 aliphatic carbocycles. The van der Waals surface area contributed by atoms with Crippen molar-refractivity contribution in [1.29, 1.82) is 0 Å². The van der Waals surface area contributed by atoms with Crippen molar-refractivity contribution in [1.82, 2.24) is 15.1 Å². The number of hydrogen-bond donors (Lipinski definition) is 1. The molecule has 170 valence electrons. The van der Waals surface area contributed by atoms with Gasteiger partial charge in [-0.3, -0.25) is 14.5 Å². The number of amides is 2. The van der Waals surface area contributed by atoms with Crippen LogP contribution in [0.3, 0.4) is 0 Å². The van der Waals surface area contributed by atoms with Gasteiger partial charge in [0.25, 0.3) is 11.8 Å². The number of benzene rings is 2. The molecular weight excluding hydrogens is 450 g/mol. The number of alkyl halides is 3. The summed E-state index contributed by atoms with van der Waals surface area (Å²) in [5, 5.41) is 2.86. The van der Waals surface area contributed by atoms with Crippen molar-refractivity contribution in [2.24, 2.45) is 0 Å². The Labute approximate surface area is 186 Å². The van der Waals surface area contributed by atoms with E-state index in [0.717, 1.165) is 18.2 Å². The predicted octanol–water partition coefficient (Wildman–Crippen LogP) is 3.83. The number of nitrogens with one attached hydrogen (secondary N) is 1. The molecule has 2 aromatic rings.